The van der Waals surface area contributed by atoms with Crippen molar-refractivity contribution in [3.8, 4) is 0 Å². The van der Waals surface area contributed by atoms with Gasteiger partial charge < -0.3 is 14.8 Å². The minimum atomic E-state index is -0.258. The highest BCUT2D eigenvalue weighted by molar-refractivity contribution is 7.98. The second kappa shape index (κ2) is 10.2. The van der Waals surface area contributed by atoms with E-state index >= 15 is 0 Å². The highest BCUT2D eigenvalue weighted by Gasteiger charge is 2.23. The van der Waals surface area contributed by atoms with Gasteiger partial charge in [-0.1, -0.05) is 41.6 Å². The number of amides is 1. The van der Waals surface area contributed by atoms with Gasteiger partial charge in [-0.3, -0.25) is 9.59 Å². The Hall–Kier alpha value is -2.84. The molecule has 0 atom stereocenters. The molecule has 0 saturated carbocycles. The van der Waals surface area contributed by atoms with Gasteiger partial charge in [0.2, 0.25) is 5.91 Å². The van der Waals surface area contributed by atoms with Crippen molar-refractivity contribution in [2.45, 2.75) is 24.3 Å². The summed E-state index contributed by atoms with van der Waals surface area (Å²) in [5.74, 6) is 1.50. The molecule has 0 aliphatic carbocycles. The third-order valence-corrected chi connectivity index (χ3v) is 6.58. The second-order valence-corrected chi connectivity index (χ2v) is 8.99. The van der Waals surface area contributed by atoms with Crippen LogP contribution in [-0.4, -0.2) is 51.9 Å². The summed E-state index contributed by atoms with van der Waals surface area (Å²) >= 11 is 7.46. The minimum Gasteiger partial charge on any atom is -0.353 e. The van der Waals surface area contributed by atoms with Gasteiger partial charge in [0.1, 0.15) is 5.82 Å². The number of benzene rings is 1. The van der Waals surface area contributed by atoms with Crippen LogP contribution in [0, 0.1) is 6.92 Å². The lowest BCUT2D eigenvalue weighted by Crippen LogP contribution is -2.49. The van der Waals surface area contributed by atoms with Crippen molar-refractivity contribution in [1.82, 2.24) is 19.9 Å². The van der Waals surface area contributed by atoms with Gasteiger partial charge in [0.25, 0.3) is 5.56 Å². The standard InChI is InChI=1S/C23H24ClN5O2S/c1-16-19(22(31)27-23(26-16)32-15-17-5-4-6-18(24)13-17)14-21(30)29-11-9-28(10-12-29)20-7-2-3-8-25-20/h2-8,13H,9-12,14-15H2,1H3,(H,26,27,31). The van der Waals surface area contributed by atoms with Gasteiger partial charge in [-0.25, -0.2) is 9.97 Å². The van der Waals surface area contributed by atoms with Crippen molar-refractivity contribution in [2.24, 2.45) is 0 Å². The first kappa shape index (κ1) is 22.4. The molecule has 166 valence electrons. The van der Waals surface area contributed by atoms with Crippen LogP contribution < -0.4 is 10.5 Å². The number of piperazine rings is 1. The summed E-state index contributed by atoms with van der Waals surface area (Å²) in [6.07, 6.45) is 1.82. The number of anilines is 1. The van der Waals surface area contributed by atoms with Crippen LogP contribution in [0.25, 0.3) is 0 Å². The maximum absolute atomic E-state index is 12.8. The summed E-state index contributed by atoms with van der Waals surface area (Å²) in [6.45, 7) is 4.42. The number of hydrogen-bond donors (Lipinski definition) is 1. The predicted molar refractivity (Wildman–Crippen MR) is 127 cm³/mol. The molecule has 1 aliphatic heterocycles. The number of carbonyl (C=O) groups excluding carboxylic acids is 1. The Morgan fingerprint density at radius 2 is 1.97 bits per heavy atom. The Labute approximate surface area is 195 Å². The van der Waals surface area contributed by atoms with Crippen LogP contribution >= 0.6 is 23.4 Å². The molecule has 1 amide bonds. The number of hydrogen-bond acceptors (Lipinski definition) is 6. The molecule has 2 aromatic heterocycles. The third kappa shape index (κ3) is 5.49. The van der Waals surface area contributed by atoms with E-state index in [0.29, 0.717) is 40.3 Å². The zero-order valence-electron chi connectivity index (χ0n) is 17.8. The molecule has 1 aromatic carbocycles. The van der Waals surface area contributed by atoms with Crippen LogP contribution in [0.15, 0.2) is 58.6 Å². The fraction of sp³-hybridized carbons (Fsp3) is 0.304. The lowest BCUT2D eigenvalue weighted by molar-refractivity contribution is -0.130. The first-order chi connectivity index (χ1) is 15.5. The number of H-pyrrole nitrogens is 1. The van der Waals surface area contributed by atoms with Gasteiger partial charge in [-0.2, -0.15) is 0 Å². The quantitative estimate of drug-likeness (QED) is 0.440. The summed E-state index contributed by atoms with van der Waals surface area (Å²) in [7, 11) is 0. The number of halogens is 1. The van der Waals surface area contributed by atoms with Gasteiger partial charge in [-0.05, 0) is 36.8 Å². The third-order valence-electron chi connectivity index (χ3n) is 5.40. The predicted octanol–water partition coefficient (Wildman–Crippen LogP) is 3.31. The molecule has 0 spiro atoms. The van der Waals surface area contributed by atoms with Crippen LogP contribution in [0.1, 0.15) is 16.8 Å². The topological polar surface area (TPSA) is 82.2 Å². The van der Waals surface area contributed by atoms with Crippen molar-refractivity contribution in [3.63, 3.8) is 0 Å². The lowest BCUT2D eigenvalue weighted by atomic mass is 10.1. The Kier molecular flexibility index (Phi) is 7.12. The molecule has 0 radical (unpaired) electrons. The molecule has 1 aliphatic rings. The summed E-state index contributed by atoms with van der Waals surface area (Å²) < 4.78 is 0. The van der Waals surface area contributed by atoms with Gasteiger partial charge in [0.15, 0.2) is 5.16 Å². The molecular weight excluding hydrogens is 446 g/mol. The number of aromatic nitrogens is 3. The van der Waals surface area contributed by atoms with E-state index in [-0.39, 0.29) is 17.9 Å². The van der Waals surface area contributed by atoms with Crippen LogP contribution in [0.4, 0.5) is 5.82 Å². The van der Waals surface area contributed by atoms with Gasteiger partial charge in [0.05, 0.1) is 6.42 Å². The second-order valence-electron chi connectivity index (χ2n) is 7.59. The monoisotopic (exact) mass is 469 g/mol. The van der Waals surface area contributed by atoms with E-state index in [9.17, 15) is 9.59 Å². The number of carbonyl (C=O) groups is 1. The maximum atomic E-state index is 12.8. The summed E-state index contributed by atoms with van der Waals surface area (Å²) in [5, 5.41) is 1.21. The number of nitrogens with zero attached hydrogens (tertiary/aromatic N) is 4. The highest BCUT2D eigenvalue weighted by atomic mass is 35.5. The molecule has 1 N–H and O–H groups in total. The molecule has 3 heterocycles. The van der Waals surface area contributed by atoms with E-state index in [1.165, 1.54) is 11.8 Å². The summed E-state index contributed by atoms with van der Waals surface area (Å²) in [4.78, 5) is 41.2. The van der Waals surface area contributed by atoms with E-state index in [1.54, 1.807) is 18.0 Å². The molecule has 3 aromatic rings. The van der Waals surface area contributed by atoms with E-state index < -0.39 is 0 Å². The maximum Gasteiger partial charge on any atom is 0.255 e. The van der Waals surface area contributed by atoms with E-state index in [2.05, 4.69) is 19.9 Å². The number of thioether (sulfide) groups is 1. The normalized spacial score (nSPS) is 13.9. The first-order valence-electron chi connectivity index (χ1n) is 10.4. The van der Waals surface area contributed by atoms with E-state index in [1.807, 2.05) is 42.5 Å². The van der Waals surface area contributed by atoms with Crippen molar-refractivity contribution < 1.29 is 4.79 Å². The smallest absolute Gasteiger partial charge is 0.255 e. The largest absolute Gasteiger partial charge is 0.353 e. The summed E-state index contributed by atoms with van der Waals surface area (Å²) in [6, 6.07) is 13.4. The number of aromatic amines is 1. The van der Waals surface area contributed by atoms with E-state index in [4.69, 9.17) is 11.6 Å². The fourth-order valence-electron chi connectivity index (χ4n) is 3.63. The van der Waals surface area contributed by atoms with Gasteiger partial charge in [0, 0.05) is 54.4 Å². The number of aryl methyl sites for hydroxylation is 1. The SMILES string of the molecule is Cc1nc(SCc2cccc(Cl)c2)[nH]c(=O)c1CC(=O)N1CCN(c2ccccn2)CC1. The summed E-state index contributed by atoms with van der Waals surface area (Å²) in [5.41, 5.74) is 1.80. The number of nitrogens with one attached hydrogen (secondary N) is 1. The van der Waals surface area contributed by atoms with Gasteiger partial charge >= 0.3 is 0 Å². The molecule has 1 saturated heterocycles. The van der Waals surface area contributed by atoms with Crippen LogP contribution in [0.2, 0.25) is 5.02 Å². The van der Waals surface area contributed by atoms with Crippen molar-refractivity contribution >= 4 is 35.1 Å². The fourth-order valence-corrected chi connectivity index (χ4v) is 4.69. The minimum absolute atomic E-state index is 0.0526. The molecule has 4 rings (SSSR count). The van der Waals surface area contributed by atoms with Crippen LogP contribution in [0.5, 0.6) is 0 Å². The molecular formula is C23H24ClN5O2S. The molecule has 0 bridgehead atoms. The van der Waals surface area contributed by atoms with Gasteiger partial charge in [-0.15, -0.1) is 0 Å². The molecule has 0 unspecified atom stereocenters. The number of pyridine rings is 1. The molecule has 9 heteroatoms. The molecule has 1 fully saturated rings. The Balaban J connectivity index is 1.35. The van der Waals surface area contributed by atoms with Crippen molar-refractivity contribution in [3.05, 3.63) is 80.9 Å². The Morgan fingerprint density at radius 3 is 2.66 bits per heavy atom. The molecule has 32 heavy (non-hydrogen) atoms. The average Bonchev–Trinajstić information content (AvgIpc) is 2.81. The first-order valence-corrected chi connectivity index (χ1v) is 11.8. The van der Waals surface area contributed by atoms with Crippen LogP contribution in [0.3, 0.4) is 0 Å². The Bertz CT molecular complexity index is 1150. The van der Waals surface area contributed by atoms with Crippen molar-refractivity contribution in [1.29, 1.82) is 0 Å². The van der Waals surface area contributed by atoms with Crippen LogP contribution in [-0.2, 0) is 17.0 Å². The Morgan fingerprint density at radius 1 is 1.16 bits per heavy atom. The molecule has 7 nitrogen and oxygen atoms in total. The highest BCUT2D eigenvalue weighted by Crippen LogP contribution is 2.21. The van der Waals surface area contributed by atoms with Crippen molar-refractivity contribution in [2.75, 3.05) is 31.1 Å². The zero-order chi connectivity index (χ0) is 22.5. The lowest BCUT2D eigenvalue weighted by Gasteiger charge is -2.35. The number of rotatable bonds is 6. The average molecular weight is 470 g/mol. The van der Waals surface area contributed by atoms with E-state index in [0.717, 1.165) is 24.5 Å². The zero-order valence-corrected chi connectivity index (χ0v) is 19.3.